The van der Waals surface area contributed by atoms with Gasteiger partial charge in [-0.15, -0.1) is 0 Å². The number of aryl methyl sites for hydroxylation is 1. The van der Waals surface area contributed by atoms with Crippen LogP contribution in [0.25, 0.3) is 0 Å². The fraction of sp³-hybridized carbons (Fsp3) is 0.462. The standard InChI is InChI=1S/C13H15NO2/c1-16-10-4-5-11-9(7-10)3-2-6-13(11)8-12(15)14-13/h4-5,7H,2-3,6,8H2,1H3,(H,14,15). The number of methoxy groups -OCH3 is 1. The Morgan fingerprint density at radius 1 is 1.44 bits per heavy atom. The third kappa shape index (κ3) is 1.24. The summed E-state index contributed by atoms with van der Waals surface area (Å²) in [5.74, 6) is 1.07. The van der Waals surface area contributed by atoms with Crippen molar-refractivity contribution in [2.75, 3.05) is 7.11 Å². The predicted molar refractivity (Wildman–Crippen MR) is 60.4 cm³/mol. The molecule has 3 nitrogen and oxygen atoms in total. The molecular formula is C13H15NO2. The molecule has 1 aliphatic heterocycles. The fourth-order valence-corrected chi connectivity index (χ4v) is 2.92. The van der Waals surface area contributed by atoms with Crippen LogP contribution >= 0.6 is 0 Å². The number of hydrogen-bond donors (Lipinski definition) is 1. The minimum absolute atomic E-state index is 0.0586. The first-order valence-corrected chi connectivity index (χ1v) is 5.72. The highest BCUT2D eigenvalue weighted by Crippen LogP contribution is 2.43. The van der Waals surface area contributed by atoms with E-state index in [4.69, 9.17) is 4.74 Å². The molecule has 0 bridgehead atoms. The van der Waals surface area contributed by atoms with Gasteiger partial charge in [-0.25, -0.2) is 0 Å². The molecule has 1 aromatic rings. The zero-order valence-electron chi connectivity index (χ0n) is 9.38. The second kappa shape index (κ2) is 3.24. The minimum Gasteiger partial charge on any atom is -0.497 e. The zero-order chi connectivity index (χ0) is 11.2. The molecule has 1 aromatic carbocycles. The van der Waals surface area contributed by atoms with Gasteiger partial charge in [-0.3, -0.25) is 4.79 Å². The predicted octanol–water partition coefficient (Wildman–Crippen LogP) is 1.75. The molecule has 1 atom stereocenters. The second-order valence-electron chi connectivity index (χ2n) is 4.68. The summed E-state index contributed by atoms with van der Waals surface area (Å²) in [5, 5.41) is 3.07. The highest BCUT2D eigenvalue weighted by molar-refractivity contribution is 5.85. The average Bonchev–Trinajstić information content (AvgIpc) is 2.27. The van der Waals surface area contributed by atoms with E-state index in [-0.39, 0.29) is 11.4 Å². The zero-order valence-corrected chi connectivity index (χ0v) is 9.38. The van der Waals surface area contributed by atoms with Crippen LogP contribution in [0.1, 0.15) is 30.4 Å². The number of fused-ring (bicyclic) bond motifs is 2. The molecule has 2 aliphatic rings. The number of rotatable bonds is 1. The Balaban J connectivity index is 2.03. The number of benzene rings is 1. The highest BCUT2D eigenvalue weighted by Gasteiger charge is 2.46. The lowest BCUT2D eigenvalue weighted by Crippen LogP contribution is -2.59. The summed E-state index contributed by atoms with van der Waals surface area (Å²) >= 11 is 0. The minimum atomic E-state index is -0.0586. The summed E-state index contributed by atoms with van der Waals surface area (Å²) in [7, 11) is 1.69. The molecule has 1 unspecified atom stereocenters. The number of carbonyl (C=O) groups excluding carboxylic acids is 1. The second-order valence-corrected chi connectivity index (χ2v) is 4.68. The van der Waals surface area contributed by atoms with Crippen LogP contribution in [0.3, 0.4) is 0 Å². The van der Waals surface area contributed by atoms with E-state index < -0.39 is 0 Å². The van der Waals surface area contributed by atoms with Gasteiger partial charge in [-0.2, -0.15) is 0 Å². The molecule has 3 heteroatoms. The molecule has 3 rings (SSSR count). The third-order valence-electron chi connectivity index (χ3n) is 3.72. The lowest BCUT2D eigenvalue weighted by Gasteiger charge is -2.46. The lowest BCUT2D eigenvalue weighted by atomic mass is 9.70. The molecule has 1 amide bonds. The van der Waals surface area contributed by atoms with Crippen LogP contribution in [0.15, 0.2) is 18.2 Å². The van der Waals surface area contributed by atoms with E-state index in [0.717, 1.165) is 25.0 Å². The molecule has 0 saturated carbocycles. The van der Waals surface area contributed by atoms with Gasteiger partial charge >= 0.3 is 0 Å². The van der Waals surface area contributed by atoms with E-state index in [2.05, 4.69) is 17.4 Å². The van der Waals surface area contributed by atoms with Crippen molar-refractivity contribution in [3.05, 3.63) is 29.3 Å². The van der Waals surface area contributed by atoms with Gasteiger partial charge < -0.3 is 10.1 Å². The van der Waals surface area contributed by atoms with Crippen LogP contribution in [-0.2, 0) is 16.8 Å². The molecule has 16 heavy (non-hydrogen) atoms. The van der Waals surface area contributed by atoms with Gasteiger partial charge in [-0.1, -0.05) is 6.07 Å². The van der Waals surface area contributed by atoms with Gasteiger partial charge in [0, 0.05) is 0 Å². The smallest absolute Gasteiger partial charge is 0.223 e. The van der Waals surface area contributed by atoms with Crippen molar-refractivity contribution in [1.82, 2.24) is 5.32 Å². The number of hydrogen-bond acceptors (Lipinski definition) is 2. The van der Waals surface area contributed by atoms with Crippen LogP contribution in [-0.4, -0.2) is 13.0 Å². The Morgan fingerprint density at radius 2 is 2.25 bits per heavy atom. The largest absolute Gasteiger partial charge is 0.497 e. The maximum atomic E-state index is 11.2. The normalized spacial score (nSPS) is 26.9. The Bertz CT molecular complexity index is 445. The molecule has 84 valence electrons. The van der Waals surface area contributed by atoms with Crippen LogP contribution < -0.4 is 10.1 Å². The van der Waals surface area contributed by atoms with Crippen molar-refractivity contribution < 1.29 is 9.53 Å². The highest BCUT2D eigenvalue weighted by atomic mass is 16.5. The van der Waals surface area contributed by atoms with Crippen molar-refractivity contribution in [3.63, 3.8) is 0 Å². The number of amides is 1. The Hall–Kier alpha value is -1.51. The lowest BCUT2D eigenvalue weighted by molar-refractivity contribution is -0.133. The quantitative estimate of drug-likeness (QED) is 0.728. The first-order valence-electron chi connectivity index (χ1n) is 5.72. The monoisotopic (exact) mass is 217 g/mol. The maximum Gasteiger partial charge on any atom is 0.223 e. The first-order chi connectivity index (χ1) is 7.73. The van der Waals surface area contributed by atoms with E-state index in [1.807, 2.05) is 6.07 Å². The molecule has 1 saturated heterocycles. The van der Waals surface area contributed by atoms with Gasteiger partial charge in [0.15, 0.2) is 0 Å². The SMILES string of the molecule is COc1ccc2c(c1)CCCC21CC(=O)N1. The van der Waals surface area contributed by atoms with Crippen molar-refractivity contribution in [2.24, 2.45) is 0 Å². The molecular weight excluding hydrogens is 202 g/mol. The molecule has 1 heterocycles. The summed E-state index contributed by atoms with van der Waals surface area (Å²) in [4.78, 5) is 11.2. The van der Waals surface area contributed by atoms with Crippen molar-refractivity contribution in [2.45, 2.75) is 31.2 Å². The van der Waals surface area contributed by atoms with Gasteiger partial charge in [-0.05, 0) is 42.5 Å². The molecule has 0 aromatic heterocycles. The number of carbonyl (C=O) groups is 1. The summed E-state index contributed by atoms with van der Waals surface area (Å²) in [5.41, 5.74) is 2.56. The van der Waals surface area contributed by atoms with E-state index in [0.29, 0.717) is 6.42 Å². The van der Waals surface area contributed by atoms with Crippen LogP contribution in [0.2, 0.25) is 0 Å². The van der Waals surface area contributed by atoms with Gasteiger partial charge in [0.1, 0.15) is 5.75 Å². The first kappa shape index (κ1) is 9.70. The molecule has 1 fully saturated rings. The fourth-order valence-electron chi connectivity index (χ4n) is 2.92. The van der Waals surface area contributed by atoms with Gasteiger partial charge in [0.25, 0.3) is 0 Å². The van der Waals surface area contributed by atoms with E-state index in [1.54, 1.807) is 7.11 Å². The molecule has 1 spiro atoms. The van der Waals surface area contributed by atoms with E-state index in [1.165, 1.54) is 11.1 Å². The molecule has 1 N–H and O–H groups in total. The number of nitrogens with one attached hydrogen (secondary N) is 1. The van der Waals surface area contributed by atoms with Crippen LogP contribution in [0.5, 0.6) is 5.75 Å². The van der Waals surface area contributed by atoms with Crippen molar-refractivity contribution in [3.8, 4) is 5.75 Å². The van der Waals surface area contributed by atoms with E-state index in [9.17, 15) is 4.79 Å². The Labute approximate surface area is 94.8 Å². The van der Waals surface area contributed by atoms with Gasteiger partial charge in [0.2, 0.25) is 5.91 Å². The van der Waals surface area contributed by atoms with Crippen molar-refractivity contribution >= 4 is 5.91 Å². The third-order valence-corrected chi connectivity index (χ3v) is 3.72. The summed E-state index contributed by atoms with van der Waals surface area (Å²) < 4.78 is 5.23. The molecule has 1 aliphatic carbocycles. The number of ether oxygens (including phenoxy) is 1. The summed E-state index contributed by atoms with van der Waals surface area (Å²) in [6.45, 7) is 0. The Kier molecular flexibility index (Phi) is 1.96. The maximum absolute atomic E-state index is 11.2. The van der Waals surface area contributed by atoms with Crippen LogP contribution in [0, 0.1) is 0 Å². The Morgan fingerprint density at radius 3 is 2.94 bits per heavy atom. The summed E-state index contributed by atoms with van der Waals surface area (Å²) in [6, 6.07) is 6.18. The molecule has 0 radical (unpaired) electrons. The van der Waals surface area contributed by atoms with Crippen molar-refractivity contribution in [1.29, 1.82) is 0 Å². The van der Waals surface area contributed by atoms with Gasteiger partial charge in [0.05, 0.1) is 19.1 Å². The van der Waals surface area contributed by atoms with Crippen LogP contribution in [0.4, 0.5) is 0 Å². The number of β-lactam (4-membered cyclic amide) rings is 1. The summed E-state index contributed by atoms with van der Waals surface area (Å²) in [6.07, 6.45) is 3.94. The topological polar surface area (TPSA) is 38.3 Å². The average molecular weight is 217 g/mol. The van der Waals surface area contributed by atoms with E-state index >= 15 is 0 Å².